The fourth-order valence-corrected chi connectivity index (χ4v) is 4.36. The number of aliphatic carboxylic acids is 1. The van der Waals surface area contributed by atoms with Crippen LogP contribution in [0, 0.1) is 11.6 Å². The molecule has 1 saturated heterocycles. The Morgan fingerprint density at radius 1 is 1.19 bits per heavy atom. The molecular formula is C21H27F2LiN2O5. The third-order valence-corrected chi connectivity index (χ3v) is 5.53. The van der Waals surface area contributed by atoms with E-state index < -0.39 is 53.3 Å². The summed E-state index contributed by atoms with van der Waals surface area (Å²) >= 11 is 0. The third-order valence-electron chi connectivity index (χ3n) is 5.53. The van der Waals surface area contributed by atoms with E-state index in [2.05, 4.69) is 0 Å². The molecule has 1 N–H and O–H groups in total. The summed E-state index contributed by atoms with van der Waals surface area (Å²) in [7, 11) is 0. The van der Waals surface area contributed by atoms with Crippen LogP contribution in [-0.4, -0.2) is 57.1 Å². The second-order valence-corrected chi connectivity index (χ2v) is 8.88. The molecule has 1 atom stereocenters. The van der Waals surface area contributed by atoms with E-state index in [1.54, 1.807) is 20.8 Å². The smallest absolute Gasteiger partial charge is 1.00 e. The number of benzene rings is 1. The van der Waals surface area contributed by atoms with Crippen LogP contribution < -0.4 is 18.9 Å². The maximum atomic E-state index is 13.9. The maximum absolute atomic E-state index is 13.9. The first-order valence-corrected chi connectivity index (χ1v) is 9.92. The molecule has 2 aliphatic rings. The molecule has 1 aliphatic carbocycles. The van der Waals surface area contributed by atoms with Crippen LogP contribution in [0.15, 0.2) is 18.2 Å². The minimum Gasteiger partial charge on any atom is -1.00 e. The number of carbonyl (C=O) groups is 3. The van der Waals surface area contributed by atoms with Gasteiger partial charge in [-0.25, -0.2) is 13.6 Å². The molecule has 1 heterocycles. The molecule has 3 rings (SSSR count). The number of carboxylic acids is 1. The van der Waals surface area contributed by atoms with Crippen molar-refractivity contribution >= 4 is 18.0 Å². The van der Waals surface area contributed by atoms with Gasteiger partial charge in [0.25, 0.3) is 0 Å². The van der Waals surface area contributed by atoms with E-state index in [-0.39, 0.29) is 32.4 Å². The number of carboxylic acid groups (broad SMARTS) is 1. The summed E-state index contributed by atoms with van der Waals surface area (Å²) in [6.45, 7) is 4.36. The second-order valence-electron chi connectivity index (χ2n) is 8.88. The van der Waals surface area contributed by atoms with Crippen molar-refractivity contribution in [3.8, 4) is 0 Å². The number of hydrogen-bond acceptors (Lipinski definition) is 4. The molecule has 0 aromatic heterocycles. The van der Waals surface area contributed by atoms with Gasteiger partial charge in [0.05, 0.1) is 6.04 Å². The van der Waals surface area contributed by atoms with E-state index in [0.29, 0.717) is 31.7 Å². The van der Waals surface area contributed by atoms with Crippen molar-refractivity contribution < 1.29 is 53.3 Å². The summed E-state index contributed by atoms with van der Waals surface area (Å²) in [5.41, 5.74) is -1.93. The van der Waals surface area contributed by atoms with E-state index in [9.17, 15) is 28.3 Å². The fraction of sp³-hybridized carbons (Fsp3) is 0.571. The summed E-state index contributed by atoms with van der Waals surface area (Å²) in [5, 5.41) is 9.37. The van der Waals surface area contributed by atoms with Gasteiger partial charge in [-0.2, -0.15) is 0 Å². The summed E-state index contributed by atoms with van der Waals surface area (Å²) in [6.07, 6.45) is 1.46. The number of piperazine rings is 1. The zero-order valence-electron chi connectivity index (χ0n) is 19.3. The van der Waals surface area contributed by atoms with Gasteiger partial charge >= 0.3 is 30.9 Å². The summed E-state index contributed by atoms with van der Waals surface area (Å²) < 4.78 is 33.3. The van der Waals surface area contributed by atoms with Gasteiger partial charge in [0.15, 0.2) is 0 Å². The van der Waals surface area contributed by atoms with Crippen molar-refractivity contribution in [2.24, 2.45) is 0 Å². The number of halogens is 2. The Labute approximate surface area is 193 Å². The molecule has 2 fully saturated rings. The number of hydrogen-bond donors (Lipinski definition) is 1. The topological polar surface area (TPSA) is 87.2 Å². The third kappa shape index (κ3) is 5.21. The van der Waals surface area contributed by atoms with E-state index in [1.165, 1.54) is 4.90 Å². The van der Waals surface area contributed by atoms with Crippen LogP contribution in [0.25, 0.3) is 0 Å². The van der Waals surface area contributed by atoms with Crippen LogP contribution in [-0.2, 0) is 14.3 Å². The number of carbonyl (C=O) groups excluding carboxylic acids is 2. The molecule has 1 saturated carbocycles. The van der Waals surface area contributed by atoms with Gasteiger partial charge in [-0.15, -0.1) is 0 Å². The van der Waals surface area contributed by atoms with Gasteiger partial charge in [-0.1, -0.05) is 12.8 Å². The van der Waals surface area contributed by atoms with Crippen molar-refractivity contribution in [1.82, 2.24) is 9.80 Å². The SMILES string of the molecule is CC(C)(C)OC(=O)N1C[C@@H](c2cc(F)cc(F)c2)N(CC(=O)O)C(=O)C12CCCC2.[H-].[Li+]. The number of nitrogens with zero attached hydrogens (tertiary/aromatic N) is 2. The van der Waals surface area contributed by atoms with Gasteiger partial charge in [0.1, 0.15) is 29.3 Å². The first-order valence-electron chi connectivity index (χ1n) is 9.92. The van der Waals surface area contributed by atoms with Crippen LogP contribution in [0.2, 0.25) is 0 Å². The molecule has 1 aromatic rings. The zero-order valence-corrected chi connectivity index (χ0v) is 18.3. The first-order chi connectivity index (χ1) is 13.9. The predicted molar refractivity (Wildman–Crippen MR) is 104 cm³/mol. The molecule has 7 nitrogen and oxygen atoms in total. The maximum Gasteiger partial charge on any atom is 1.00 e. The van der Waals surface area contributed by atoms with Crippen LogP contribution in [0.1, 0.15) is 59.5 Å². The molecule has 10 heteroatoms. The number of amides is 2. The summed E-state index contributed by atoms with van der Waals surface area (Å²) in [5.74, 6) is -3.48. The number of ether oxygens (including phenoxy) is 1. The standard InChI is InChI=1S/C21H26F2N2O5.Li.H/c1-20(2,3)30-19(29)25-11-16(13-8-14(22)10-15(23)9-13)24(12-17(26)27)18(28)21(25)6-4-5-7-21;;/h8-10,16H,4-7,11-12H2,1-3H3,(H,26,27);;/q;+1;-1/t16-;;/m0../s1. The monoisotopic (exact) mass is 432 g/mol. The quantitative estimate of drug-likeness (QED) is 0.707. The molecule has 1 aliphatic heterocycles. The molecule has 0 bridgehead atoms. The zero-order chi connectivity index (χ0) is 22.3. The predicted octanol–water partition coefficient (Wildman–Crippen LogP) is 0.599. The van der Waals surface area contributed by atoms with E-state index in [1.807, 2.05) is 0 Å². The summed E-state index contributed by atoms with van der Waals surface area (Å²) in [4.78, 5) is 40.5. The Bertz CT molecular complexity index is 854. The van der Waals surface area contributed by atoms with Crippen LogP contribution in [0.3, 0.4) is 0 Å². The Kier molecular flexibility index (Phi) is 7.44. The molecule has 1 spiro atoms. The van der Waals surface area contributed by atoms with Crippen molar-refractivity contribution in [1.29, 1.82) is 0 Å². The van der Waals surface area contributed by atoms with Gasteiger partial charge in [0, 0.05) is 12.6 Å². The molecule has 2 amide bonds. The van der Waals surface area contributed by atoms with Gasteiger partial charge < -0.3 is 16.2 Å². The van der Waals surface area contributed by atoms with Crippen LogP contribution in [0.5, 0.6) is 0 Å². The van der Waals surface area contributed by atoms with Gasteiger partial charge in [-0.05, 0) is 51.3 Å². The Balaban J connectivity index is 0.00000256. The average Bonchev–Trinajstić information content (AvgIpc) is 3.07. The van der Waals surface area contributed by atoms with Crippen LogP contribution in [0.4, 0.5) is 13.6 Å². The van der Waals surface area contributed by atoms with Crippen molar-refractivity contribution in [3.05, 3.63) is 35.4 Å². The molecular weight excluding hydrogens is 405 g/mol. The van der Waals surface area contributed by atoms with Crippen molar-refractivity contribution in [2.75, 3.05) is 13.1 Å². The van der Waals surface area contributed by atoms with E-state index in [0.717, 1.165) is 17.0 Å². The molecule has 166 valence electrons. The van der Waals surface area contributed by atoms with E-state index >= 15 is 0 Å². The number of rotatable bonds is 3. The normalized spacial score (nSPS) is 20.5. The Morgan fingerprint density at radius 2 is 1.74 bits per heavy atom. The average molecular weight is 432 g/mol. The largest absolute Gasteiger partial charge is 1.00 e. The summed E-state index contributed by atoms with van der Waals surface area (Å²) in [6, 6.07) is 1.78. The minimum absolute atomic E-state index is 0. The Morgan fingerprint density at radius 3 is 2.23 bits per heavy atom. The molecule has 0 radical (unpaired) electrons. The Hall–Kier alpha value is -2.11. The molecule has 0 unspecified atom stereocenters. The fourth-order valence-electron chi connectivity index (χ4n) is 4.36. The first kappa shape index (κ1) is 25.2. The molecule has 31 heavy (non-hydrogen) atoms. The minimum atomic E-state index is -1.25. The van der Waals surface area contributed by atoms with E-state index in [4.69, 9.17) is 4.74 Å². The van der Waals surface area contributed by atoms with Gasteiger partial charge in [0.2, 0.25) is 5.91 Å². The van der Waals surface area contributed by atoms with Crippen molar-refractivity contribution in [2.45, 2.75) is 63.6 Å². The van der Waals surface area contributed by atoms with Crippen molar-refractivity contribution in [3.63, 3.8) is 0 Å². The molecule has 1 aromatic carbocycles. The van der Waals surface area contributed by atoms with Gasteiger partial charge in [-0.3, -0.25) is 14.5 Å². The second kappa shape index (κ2) is 9.17. The van der Waals surface area contributed by atoms with Crippen LogP contribution >= 0.6 is 0 Å².